The molecule has 0 saturated carbocycles. The lowest BCUT2D eigenvalue weighted by atomic mass is 10.0. The summed E-state index contributed by atoms with van der Waals surface area (Å²) in [5, 5.41) is 0.0474. The molecule has 0 aliphatic carbocycles. The number of ether oxygens (including phenoxy) is 2. The van der Waals surface area contributed by atoms with Gasteiger partial charge in [-0.3, -0.25) is 0 Å². The zero-order valence-electron chi connectivity index (χ0n) is 8.96. The van der Waals surface area contributed by atoms with E-state index in [1.54, 1.807) is 12.1 Å². The lowest BCUT2D eigenvalue weighted by Crippen LogP contribution is -2.20. The summed E-state index contributed by atoms with van der Waals surface area (Å²) in [5.41, 5.74) is 6.29. The minimum atomic E-state index is -0.497. The molecule has 17 heavy (non-hydrogen) atoms. The third kappa shape index (κ3) is 2.98. The Morgan fingerprint density at radius 2 is 2.12 bits per heavy atom. The average molecular weight is 325 g/mol. The Labute approximate surface area is 112 Å². The zero-order chi connectivity index (χ0) is 12.4. The molecular formula is C11H12BrClFNO2. The number of hydrogen-bond donors (Lipinski definition) is 1. The van der Waals surface area contributed by atoms with Crippen molar-refractivity contribution in [2.45, 2.75) is 18.8 Å². The Hall–Kier alpha value is -0.200. The first-order valence-corrected chi connectivity index (χ1v) is 6.39. The van der Waals surface area contributed by atoms with Gasteiger partial charge in [0.25, 0.3) is 0 Å². The van der Waals surface area contributed by atoms with Crippen LogP contribution in [0.25, 0.3) is 0 Å². The van der Waals surface area contributed by atoms with Gasteiger partial charge in [-0.25, -0.2) is 4.39 Å². The summed E-state index contributed by atoms with van der Waals surface area (Å²) in [4.78, 5) is 0. The van der Waals surface area contributed by atoms with Crippen molar-refractivity contribution in [2.75, 3.05) is 13.2 Å². The normalized spacial score (nSPS) is 18.6. The van der Waals surface area contributed by atoms with Crippen LogP contribution in [0.5, 0.6) is 0 Å². The van der Waals surface area contributed by atoms with E-state index in [0.29, 0.717) is 29.7 Å². The van der Waals surface area contributed by atoms with Crippen molar-refractivity contribution in [3.8, 4) is 0 Å². The Balaban J connectivity index is 2.13. The van der Waals surface area contributed by atoms with Crippen molar-refractivity contribution in [3.05, 3.63) is 33.0 Å². The Kier molecular flexibility index (Phi) is 4.38. The second-order valence-electron chi connectivity index (χ2n) is 3.78. The predicted octanol–water partition coefficient (Wildman–Crippen LogP) is 3.00. The van der Waals surface area contributed by atoms with Crippen LogP contribution in [0.1, 0.15) is 18.0 Å². The summed E-state index contributed by atoms with van der Waals surface area (Å²) in [7, 11) is 0. The highest BCUT2D eigenvalue weighted by Crippen LogP contribution is 2.31. The highest BCUT2D eigenvalue weighted by Gasteiger charge is 2.23. The molecule has 0 amide bonds. The molecule has 1 heterocycles. The van der Waals surface area contributed by atoms with Crippen molar-refractivity contribution in [1.82, 2.24) is 0 Å². The lowest BCUT2D eigenvalue weighted by Gasteiger charge is -2.17. The van der Waals surface area contributed by atoms with Crippen molar-refractivity contribution < 1.29 is 13.9 Å². The molecule has 1 saturated heterocycles. The number of halogens is 3. The molecule has 1 atom stereocenters. The van der Waals surface area contributed by atoms with Crippen molar-refractivity contribution in [3.63, 3.8) is 0 Å². The molecule has 2 rings (SSSR count). The van der Waals surface area contributed by atoms with Gasteiger partial charge in [-0.1, -0.05) is 17.7 Å². The summed E-state index contributed by atoms with van der Waals surface area (Å²) in [6.07, 6.45) is 0.0568. The Bertz CT molecular complexity index is 413. The maximum atomic E-state index is 13.9. The minimum absolute atomic E-state index is 0.0474. The van der Waals surface area contributed by atoms with Crippen LogP contribution in [0.4, 0.5) is 4.39 Å². The summed E-state index contributed by atoms with van der Waals surface area (Å²) in [5.74, 6) is -0.494. The van der Waals surface area contributed by atoms with Crippen LogP contribution in [0.15, 0.2) is 16.6 Å². The third-order valence-electron chi connectivity index (χ3n) is 2.60. The second-order valence-corrected chi connectivity index (χ2v) is 5.01. The molecule has 0 aromatic heterocycles. The van der Waals surface area contributed by atoms with Crippen LogP contribution in [-0.2, 0) is 9.47 Å². The molecule has 1 aliphatic rings. The number of nitrogens with two attached hydrogens (primary N) is 1. The molecule has 3 nitrogen and oxygen atoms in total. The first-order chi connectivity index (χ1) is 8.09. The molecule has 1 fully saturated rings. The van der Waals surface area contributed by atoms with E-state index in [1.807, 2.05) is 0 Å². The quantitative estimate of drug-likeness (QED) is 0.869. The van der Waals surface area contributed by atoms with Gasteiger partial charge in [-0.2, -0.15) is 0 Å². The summed E-state index contributed by atoms with van der Waals surface area (Å²) >= 11 is 8.96. The molecule has 6 heteroatoms. The van der Waals surface area contributed by atoms with Gasteiger partial charge in [0.1, 0.15) is 5.82 Å². The first-order valence-electron chi connectivity index (χ1n) is 5.21. The van der Waals surface area contributed by atoms with Crippen LogP contribution in [0.3, 0.4) is 0 Å². The van der Waals surface area contributed by atoms with E-state index in [9.17, 15) is 4.39 Å². The molecule has 1 unspecified atom stereocenters. The zero-order valence-corrected chi connectivity index (χ0v) is 11.3. The molecular weight excluding hydrogens is 312 g/mol. The minimum Gasteiger partial charge on any atom is -0.350 e. The van der Waals surface area contributed by atoms with Crippen LogP contribution in [-0.4, -0.2) is 19.5 Å². The maximum Gasteiger partial charge on any atom is 0.159 e. The number of hydrogen-bond acceptors (Lipinski definition) is 3. The maximum absolute atomic E-state index is 13.9. The van der Waals surface area contributed by atoms with Gasteiger partial charge in [-0.05, 0) is 22.0 Å². The highest BCUT2D eigenvalue weighted by molar-refractivity contribution is 9.10. The highest BCUT2D eigenvalue weighted by atomic mass is 79.9. The van der Waals surface area contributed by atoms with E-state index in [-0.39, 0.29) is 11.3 Å². The van der Waals surface area contributed by atoms with Crippen LogP contribution in [0, 0.1) is 5.82 Å². The molecule has 0 bridgehead atoms. The Morgan fingerprint density at radius 3 is 2.76 bits per heavy atom. The fourth-order valence-electron chi connectivity index (χ4n) is 1.70. The van der Waals surface area contributed by atoms with Gasteiger partial charge in [0.15, 0.2) is 6.29 Å². The van der Waals surface area contributed by atoms with Gasteiger partial charge in [0, 0.05) is 22.5 Å². The molecule has 1 aliphatic heterocycles. The van der Waals surface area contributed by atoms with E-state index < -0.39 is 11.9 Å². The van der Waals surface area contributed by atoms with Gasteiger partial charge in [0.2, 0.25) is 0 Å². The Morgan fingerprint density at radius 1 is 1.47 bits per heavy atom. The molecule has 94 valence electrons. The number of benzene rings is 1. The van der Waals surface area contributed by atoms with Crippen molar-refractivity contribution in [2.24, 2.45) is 5.73 Å². The van der Waals surface area contributed by atoms with E-state index in [2.05, 4.69) is 15.9 Å². The fourth-order valence-corrected chi connectivity index (χ4v) is 2.18. The topological polar surface area (TPSA) is 44.5 Å². The van der Waals surface area contributed by atoms with E-state index in [1.165, 1.54) is 0 Å². The van der Waals surface area contributed by atoms with Crippen molar-refractivity contribution in [1.29, 1.82) is 0 Å². The van der Waals surface area contributed by atoms with Gasteiger partial charge < -0.3 is 15.2 Å². The second kappa shape index (κ2) is 5.63. The fraction of sp³-hybridized carbons (Fsp3) is 0.455. The summed E-state index contributed by atoms with van der Waals surface area (Å²) in [6.45, 7) is 1.11. The van der Waals surface area contributed by atoms with Gasteiger partial charge in [0.05, 0.1) is 18.2 Å². The smallest absolute Gasteiger partial charge is 0.159 e. The van der Waals surface area contributed by atoms with E-state index in [0.717, 1.165) is 0 Å². The molecule has 1 aromatic carbocycles. The van der Waals surface area contributed by atoms with Gasteiger partial charge in [-0.15, -0.1) is 0 Å². The van der Waals surface area contributed by atoms with Gasteiger partial charge >= 0.3 is 0 Å². The predicted molar refractivity (Wildman–Crippen MR) is 66.3 cm³/mol. The van der Waals surface area contributed by atoms with Crippen LogP contribution >= 0.6 is 27.5 Å². The number of rotatable bonds is 3. The van der Waals surface area contributed by atoms with Crippen LogP contribution in [0.2, 0.25) is 5.02 Å². The molecule has 0 spiro atoms. The summed E-state index contributed by atoms with van der Waals surface area (Å²) < 4.78 is 24.9. The third-order valence-corrected chi connectivity index (χ3v) is 3.86. The molecule has 1 aromatic rings. The van der Waals surface area contributed by atoms with Crippen LogP contribution < -0.4 is 5.73 Å². The lowest BCUT2D eigenvalue weighted by molar-refractivity contribution is -0.0509. The summed E-state index contributed by atoms with van der Waals surface area (Å²) in [6, 6.07) is 2.80. The van der Waals surface area contributed by atoms with Crippen molar-refractivity contribution >= 4 is 27.5 Å². The molecule has 0 radical (unpaired) electrons. The monoisotopic (exact) mass is 323 g/mol. The first kappa shape index (κ1) is 13.2. The largest absolute Gasteiger partial charge is 0.350 e. The molecule has 2 N–H and O–H groups in total. The SMILES string of the molecule is NC(CC1OCCO1)c1ccc(Br)c(Cl)c1F. The van der Waals surface area contributed by atoms with E-state index in [4.69, 9.17) is 26.8 Å². The standard InChI is InChI=1S/C11H12BrClFNO2/c12-7-2-1-6(11(14)10(7)13)8(15)5-9-16-3-4-17-9/h1-2,8-9H,3-5,15H2. The van der Waals surface area contributed by atoms with E-state index >= 15 is 0 Å². The average Bonchev–Trinajstić information content (AvgIpc) is 2.78.